The first-order valence-electron chi connectivity index (χ1n) is 7.44. The van der Waals surface area contributed by atoms with Crippen LogP contribution in [-0.2, 0) is 4.79 Å². The fraction of sp³-hybridized carbons (Fsp3) is 0.438. The van der Waals surface area contributed by atoms with Crippen LogP contribution in [0.2, 0.25) is 0 Å². The van der Waals surface area contributed by atoms with Gasteiger partial charge in [-0.2, -0.15) is 0 Å². The largest absolute Gasteiger partial charge is 0.478 e. The predicted molar refractivity (Wildman–Crippen MR) is 80.8 cm³/mol. The van der Waals surface area contributed by atoms with Crippen LogP contribution in [0.5, 0.6) is 0 Å². The number of piperidine rings is 1. The number of carbonyl (C=O) groups excluding carboxylic acids is 2. The van der Waals surface area contributed by atoms with Gasteiger partial charge < -0.3 is 15.3 Å². The highest BCUT2D eigenvalue weighted by atomic mass is 16.4. The monoisotopic (exact) mass is 304 g/mol. The predicted octanol–water partition coefficient (Wildman–Crippen LogP) is 1.52. The molecule has 0 saturated carbocycles. The van der Waals surface area contributed by atoms with Gasteiger partial charge in [0.1, 0.15) is 0 Å². The van der Waals surface area contributed by atoms with Crippen LogP contribution in [0.4, 0.5) is 0 Å². The van der Waals surface area contributed by atoms with Crippen molar-refractivity contribution < 1.29 is 19.5 Å². The third-order valence-corrected chi connectivity index (χ3v) is 3.86. The van der Waals surface area contributed by atoms with E-state index in [0.29, 0.717) is 32.4 Å². The number of nitrogens with one attached hydrogen (secondary N) is 1. The summed E-state index contributed by atoms with van der Waals surface area (Å²) in [7, 11) is 0. The molecule has 1 heterocycles. The first-order chi connectivity index (χ1) is 10.5. The molecular formula is C16H20N2O4. The van der Waals surface area contributed by atoms with Crippen LogP contribution in [0.3, 0.4) is 0 Å². The van der Waals surface area contributed by atoms with Gasteiger partial charge in [0.2, 0.25) is 5.91 Å². The standard InChI is InChI=1S/C16H20N2O4/c1-2-14(19)17-11-7-9-18(10-8-11)15(20)12-5-3-4-6-13(12)16(21)22/h3-6,11H,2,7-10H2,1H3,(H,17,19)(H,21,22). The third kappa shape index (κ3) is 3.63. The topological polar surface area (TPSA) is 86.7 Å². The summed E-state index contributed by atoms with van der Waals surface area (Å²) in [5.41, 5.74) is 0.236. The van der Waals surface area contributed by atoms with E-state index in [0.717, 1.165) is 0 Å². The summed E-state index contributed by atoms with van der Waals surface area (Å²) in [6.45, 7) is 2.83. The molecular weight excluding hydrogens is 284 g/mol. The van der Waals surface area contributed by atoms with E-state index in [2.05, 4.69) is 5.32 Å². The lowest BCUT2D eigenvalue weighted by Gasteiger charge is -2.32. The molecule has 1 aliphatic rings. The van der Waals surface area contributed by atoms with Gasteiger partial charge in [0.25, 0.3) is 5.91 Å². The van der Waals surface area contributed by atoms with Crippen LogP contribution in [0.1, 0.15) is 46.9 Å². The maximum Gasteiger partial charge on any atom is 0.336 e. The lowest BCUT2D eigenvalue weighted by Crippen LogP contribution is -2.46. The highest BCUT2D eigenvalue weighted by Gasteiger charge is 2.26. The molecule has 6 heteroatoms. The van der Waals surface area contributed by atoms with E-state index < -0.39 is 5.97 Å². The molecule has 6 nitrogen and oxygen atoms in total. The van der Waals surface area contributed by atoms with Crippen molar-refractivity contribution in [1.82, 2.24) is 10.2 Å². The van der Waals surface area contributed by atoms with Gasteiger partial charge in [0.15, 0.2) is 0 Å². The SMILES string of the molecule is CCC(=O)NC1CCN(C(=O)c2ccccc2C(=O)O)CC1. The number of hydrogen-bond acceptors (Lipinski definition) is 3. The second kappa shape index (κ2) is 7.06. The first-order valence-corrected chi connectivity index (χ1v) is 7.44. The molecule has 2 amide bonds. The van der Waals surface area contributed by atoms with Crippen LogP contribution in [0.25, 0.3) is 0 Å². The Kier molecular flexibility index (Phi) is 5.14. The fourth-order valence-corrected chi connectivity index (χ4v) is 2.58. The molecule has 118 valence electrons. The van der Waals surface area contributed by atoms with Crippen molar-refractivity contribution in [3.63, 3.8) is 0 Å². The molecule has 1 aromatic carbocycles. The average molecular weight is 304 g/mol. The normalized spacial score (nSPS) is 15.4. The van der Waals surface area contributed by atoms with E-state index in [1.807, 2.05) is 0 Å². The van der Waals surface area contributed by atoms with Crippen molar-refractivity contribution >= 4 is 17.8 Å². The minimum atomic E-state index is -1.10. The van der Waals surface area contributed by atoms with Crippen molar-refractivity contribution in [3.8, 4) is 0 Å². The van der Waals surface area contributed by atoms with Crippen LogP contribution in [0, 0.1) is 0 Å². The molecule has 2 rings (SSSR count). The third-order valence-electron chi connectivity index (χ3n) is 3.86. The van der Waals surface area contributed by atoms with Crippen molar-refractivity contribution in [1.29, 1.82) is 0 Å². The molecule has 0 atom stereocenters. The summed E-state index contributed by atoms with van der Waals surface area (Å²) >= 11 is 0. The Morgan fingerprint density at radius 1 is 1.18 bits per heavy atom. The highest BCUT2D eigenvalue weighted by molar-refractivity contribution is 6.04. The van der Waals surface area contributed by atoms with E-state index in [1.165, 1.54) is 12.1 Å². The number of hydrogen-bond donors (Lipinski definition) is 2. The fourth-order valence-electron chi connectivity index (χ4n) is 2.58. The van der Waals surface area contributed by atoms with Gasteiger partial charge in [-0.25, -0.2) is 4.79 Å². The molecule has 1 fully saturated rings. The van der Waals surface area contributed by atoms with Crippen LogP contribution in [-0.4, -0.2) is 46.9 Å². The smallest absolute Gasteiger partial charge is 0.336 e. The van der Waals surface area contributed by atoms with E-state index in [4.69, 9.17) is 5.11 Å². The highest BCUT2D eigenvalue weighted by Crippen LogP contribution is 2.17. The molecule has 0 aliphatic carbocycles. The number of likely N-dealkylation sites (tertiary alicyclic amines) is 1. The van der Waals surface area contributed by atoms with Gasteiger partial charge in [0.05, 0.1) is 11.1 Å². The molecule has 0 radical (unpaired) electrons. The minimum Gasteiger partial charge on any atom is -0.478 e. The lowest BCUT2D eigenvalue weighted by molar-refractivity contribution is -0.121. The van der Waals surface area contributed by atoms with E-state index in [-0.39, 0.29) is 29.0 Å². The Balaban J connectivity index is 2.01. The second-order valence-corrected chi connectivity index (χ2v) is 5.34. The van der Waals surface area contributed by atoms with Crippen LogP contribution in [0.15, 0.2) is 24.3 Å². The van der Waals surface area contributed by atoms with E-state index in [1.54, 1.807) is 24.0 Å². The van der Waals surface area contributed by atoms with Gasteiger partial charge in [-0.1, -0.05) is 19.1 Å². The summed E-state index contributed by atoms with van der Waals surface area (Å²) in [5.74, 6) is -1.35. The molecule has 0 aromatic heterocycles. The molecule has 1 aromatic rings. The molecule has 22 heavy (non-hydrogen) atoms. The van der Waals surface area contributed by atoms with Crippen molar-refractivity contribution in [2.24, 2.45) is 0 Å². The molecule has 0 unspecified atom stereocenters. The summed E-state index contributed by atoms with van der Waals surface area (Å²) < 4.78 is 0. The molecule has 1 aliphatic heterocycles. The summed E-state index contributed by atoms with van der Waals surface area (Å²) in [6.07, 6.45) is 1.82. The first kappa shape index (κ1) is 16.0. The van der Waals surface area contributed by atoms with Gasteiger partial charge in [0, 0.05) is 25.6 Å². The van der Waals surface area contributed by atoms with E-state index in [9.17, 15) is 14.4 Å². The Hall–Kier alpha value is -2.37. The van der Waals surface area contributed by atoms with Crippen molar-refractivity contribution in [2.75, 3.05) is 13.1 Å². The number of carboxylic acids is 1. The van der Waals surface area contributed by atoms with Crippen LogP contribution >= 0.6 is 0 Å². The van der Waals surface area contributed by atoms with Crippen molar-refractivity contribution in [3.05, 3.63) is 35.4 Å². The number of nitrogens with zero attached hydrogens (tertiary/aromatic N) is 1. The van der Waals surface area contributed by atoms with E-state index >= 15 is 0 Å². The summed E-state index contributed by atoms with van der Waals surface area (Å²) in [4.78, 5) is 36.7. The number of benzene rings is 1. The second-order valence-electron chi connectivity index (χ2n) is 5.34. The maximum absolute atomic E-state index is 12.5. The van der Waals surface area contributed by atoms with Gasteiger partial charge in [-0.15, -0.1) is 0 Å². The summed E-state index contributed by atoms with van der Waals surface area (Å²) in [6, 6.07) is 6.33. The Bertz CT molecular complexity index is 577. The average Bonchev–Trinajstić information content (AvgIpc) is 2.54. The van der Waals surface area contributed by atoms with Crippen molar-refractivity contribution in [2.45, 2.75) is 32.2 Å². The lowest BCUT2D eigenvalue weighted by atomic mass is 10.0. The van der Waals surface area contributed by atoms with Gasteiger partial charge in [-0.05, 0) is 25.0 Å². The number of aromatic carboxylic acids is 1. The Morgan fingerprint density at radius 2 is 1.77 bits per heavy atom. The number of amides is 2. The molecule has 0 spiro atoms. The zero-order chi connectivity index (χ0) is 16.1. The van der Waals surface area contributed by atoms with Gasteiger partial charge in [-0.3, -0.25) is 9.59 Å². The maximum atomic E-state index is 12.5. The minimum absolute atomic E-state index is 0.0148. The van der Waals surface area contributed by atoms with Crippen LogP contribution < -0.4 is 5.32 Å². The molecule has 1 saturated heterocycles. The zero-order valence-electron chi connectivity index (χ0n) is 12.5. The number of carbonyl (C=O) groups is 3. The number of carboxylic acid groups (broad SMARTS) is 1. The zero-order valence-corrected chi connectivity index (χ0v) is 12.5. The molecule has 0 bridgehead atoms. The Morgan fingerprint density at radius 3 is 2.32 bits per heavy atom. The number of rotatable bonds is 4. The Labute approximate surface area is 129 Å². The molecule has 2 N–H and O–H groups in total. The van der Waals surface area contributed by atoms with Gasteiger partial charge >= 0.3 is 5.97 Å². The quantitative estimate of drug-likeness (QED) is 0.883. The summed E-state index contributed by atoms with van der Waals surface area (Å²) in [5, 5.41) is 12.1.